The fourth-order valence-corrected chi connectivity index (χ4v) is 10.7. The highest BCUT2D eigenvalue weighted by Crippen LogP contribution is 2.40. The Labute approximate surface area is 367 Å². The zero-order valence-corrected chi connectivity index (χ0v) is 37.8. The summed E-state index contributed by atoms with van der Waals surface area (Å²) in [5.41, 5.74) is 26.7. The number of hydrogen-bond acceptors (Lipinski definition) is 1. The third-order valence-electron chi connectivity index (χ3n) is 14.9. The minimum Gasteiger partial charge on any atom is -0.312 e. The van der Waals surface area contributed by atoms with Gasteiger partial charge in [-0.3, -0.25) is 0 Å². The molecule has 0 N–H and O–H groups in total. The molecule has 0 aliphatic carbocycles. The number of anilines is 3. The SMILES string of the molecule is Bc1c(B)c(B)c(-c2c(B)c(B)c(N(c3c(B)c(B)c(-c4ccc5ccc6ccccc6c5c4)c(B)c3B)c3cc4ccccc4c4ccccc34)c(B)c2B)c(B)c1B. The Morgan fingerprint density at radius 2 is 0.633 bits per heavy atom. The molecule has 0 saturated carbocycles. The van der Waals surface area contributed by atoms with Crippen LogP contribution in [0, 0.1) is 0 Å². The zero-order valence-electron chi connectivity index (χ0n) is 37.8. The molecule has 0 heterocycles. The molecule has 0 fully saturated rings. The predicted octanol–water partition coefficient (Wildman–Crippen LogP) is -9.54. The van der Waals surface area contributed by atoms with Gasteiger partial charge in [-0.15, -0.1) is 16.4 Å². The van der Waals surface area contributed by atoms with Crippen LogP contribution in [0.2, 0.25) is 0 Å². The zero-order chi connectivity index (χ0) is 42.5. The largest absolute Gasteiger partial charge is 0.312 e. The third kappa shape index (κ3) is 5.95. The Morgan fingerprint density at radius 1 is 0.267 bits per heavy atom. The summed E-state index contributed by atoms with van der Waals surface area (Å²) in [7, 11) is 30.4. The number of nitrogens with zero attached hydrogens (tertiary/aromatic N) is 1. The van der Waals surface area contributed by atoms with Gasteiger partial charge in [0.2, 0.25) is 0 Å². The molecular formula is C46H44B13N. The van der Waals surface area contributed by atoms with Gasteiger partial charge in [-0.1, -0.05) is 152 Å². The summed E-state index contributed by atoms with van der Waals surface area (Å²) in [6, 6.07) is 40.7. The highest BCUT2D eigenvalue weighted by atomic mass is 15.2. The molecule has 0 aromatic heterocycles. The van der Waals surface area contributed by atoms with Crippen LogP contribution >= 0.6 is 0 Å². The van der Waals surface area contributed by atoms with Gasteiger partial charge in [-0.2, -0.15) is 0 Å². The highest BCUT2D eigenvalue weighted by Gasteiger charge is 2.29. The molecule has 1 nitrogen and oxygen atoms in total. The fourth-order valence-electron chi connectivity index (χ4n) is 10.7. The molecule has 14 heteroatoms. The minimum atomic E-state index is 1.21. The molecule has 272 valence electrons. The van der Waals surface area contributed by atoms with Gasteiger partial charge in [-0.05, 0) is 72.1 Å². The number of fused-ring (bicyclic) bond motifs is 6. The van der Waals surface area contributed by atoms with Crippen molar-refractivity contribution in [1.29, 1.82) is 0 Å². The second-order valence-electron chi connectivity index (χ2n) is 17.7. The molecule has 0 atom stereocenters. The molecule has 0 aliphatic heterocycles. The molecule has 9 rings (SSSR count). The Balaban J connectivity index is 1.38. The van der Waals surface area contributed by atoms with Crippen LogP contribution in [0.3, 0.4) is 0 Å². The lowest BCUT2D eigenvalue weighted by Gasteiger charge is -2.37. The second-order valence-corrected chi connectivity index (χ2v) is 17.7. The van der Waals surface area contributed by atoms with E-state index in [1.165, 1.54) is 153 Å². The van der Waals surface area contributed by atoms with E-state index in [1.807, 2.05) is 0 Å². The Bertz CT molecular complexity index is 3240. The average Bonchev–Trinajstić information content (AvgIpc) is 3.26. The van der Waals surface area contributed by atoms with Crippen molar-refractivity contribution in [2.75, 3.05) is 4.90 Å². The molecular weight excluding hydrogens is 707 g/mol. The predicted molar refractivity (Wildman–Crippen MR) is 308 cm³/mol. The maximum Gasteiger partial charge on any atom is 0.141 e. The summed E-state index contributed by atoms with van der Waals surface area (Å²) in [6.45, 7) is 0. The molecule has 60 heavy (non-hydrogen) atoms. The van der Waals surface area contributed by atoms with Crippen molar-refractivity contribution in [2.24, 2.45) is 0 Å². The maximum atomic E-state index is 2.66. The van der Waals surface area contributed by atoms with Gasteiger partial charge in [0.15, 0.2) is 0 Å². The highest BCUT2D eigenvalue weighted by molar-refractivity contribution is 6.71. The van der Waals surface area contributed by atoms with Crippen LogP contribution in [-0.2, 0) is 0 Å². The van der Waals surface area contributed by atoms with E-state index in [1.54, 1.807) is 0 Å². The minimum absolute atomic E-state index is 1.21. The van der Waals surface area contributed by atoms with E-state index < -0.39 is 0 Å². The van der Waals surface area contributed by atoms with Gasteiger partial charge in [0.25, 0.3) is 0 Å². The Morgan fingerprint density at radius 3 is 1.17 bits per heavy atom. The van der Waals surface area contributed by atoms with Crippen molar-refractivity contribution in [3.05, 3.63) is 109 Å². The van der Waals surface area contributed by atoms with E-state index in [2.05, 4.69) is 216 Å². The van der Waals surface area contributed by atoms with Crippen LogP contribution < -0.4 is 75.9 Å². The first-order valence-corrected chi connectivity index (χ1v) is 21.6. The van der Waals surface area contributed by atoms with Gasteiger partial charge in [-0.25, -0.2) is 0 Å². The third-order valence-corrected chi connectivity index (χ3v) is 14.9. The van der Waals surface area contributed by atoms with Gasteiger partial charge < -0.3 is 4.90 Å². The summed E-state index contributed by atoms with van der Waals surface area (Å²) in [5, 5.41) is 10.2. The van der Waals surface area contributed by atoms with Gasteiger partial charge in [0, 0.05) is 16.8 Å². The second kappa shape index (κ2) is 15.0. The average molecular weight is 751 g/mol. The van der Waals surface area contributed by atoms with Crippen molar-refractivity contribution in [1.82, 2.24) is 0 Å². The molecule has 0 unspecified atom stereocenters. The van der Waals surface area contributed by atoms with Crippen LogP contribution in [0.1, 0.15) is 0 Å². The van der Waals surface area contributed by atoms with E-state index in [0.717, 1.165) is 0 Å². The van der Waals surface area contributed by atoms with E-state index >= 15 is 0 Å². The molecule has 0 amide bonds. The first kappa shape index (κ1) is 40.1. The molecule has 0 aliphatic rings. The van der Waals surface area contributed by atoms with Crippen molar-refractivity contribution in [2.45, 2.75) is 0 Å². The first-order valence-electron chi connectivity index (χ1n) is 21.6. The van der Waals surface area contributed by atoms with E-state index in [9.17, 15) is 0 Å². The van der Waals surface area contributed by atoms with E-state index in [0.29, 0.717) is 0 Å². The standard InChI is InChI=1S/C46H44B13N/c47-32-29(22-16-15-20-14-13-19-7-1-3-9-23(19)27(20)17-22)33(48)42(57)45(41(32)56)60(28-18-21-8-2-4-10-24(21)25-11-5-6-12-26(25)28)46-43(58)36(51)31(37(52)44(46)59)30-34(49)38(53)40(55)39(54)35(30)50/h1-18H,47-59H2. The summed E-state index contributed by atoms with van der Waals surface area (Å²) < 4.78 is 0. The van der Waals surface area contributed by atoms with Crippen LogP contribution in [0.25, 0.3) is 65.3 Å². The first-order chi connectivity index (χ1) is 28.7. The quantitative estimate of drug-likeness (QED) is 0.125. The fraction of sp³-hybridized carbons (Fsp3) is 0. The van der Waals surface area contributed by atoms with Crippen molar-refractivity contribution in [3.63, 3.8) is 0 Å². The molecule has 0 bridgehead atoms. The molecule has 9 aromatic carbocycles. The van der Waals surface area contributed by atoms with Gasteiger partial charge in [0.1, 0.15) is 102 Å². The lowest BCUT2D eigenvalue weighted by Crippen LogP contribution is -2.57. The van der Waals surface area contributed by atoms with Crippen LogP contribution in [0.4, 0.5) is 17.1 Å². The summed E-state index contributed by atoms with van der Waals surface area (Å²) in [4.78, 5) is 2.66. The molecule has 0 radical (unpaired) electrons. The smallest absolute Gasteiger partial charge is 0.141 e. The van der Waals surface area contributed by atoms with E-state index in [4.69, 9.17) is 0 Å². The monoisotopic (exact) mass is 753 g/mol. The van der Waals surface area contributed by atoms with Crippen LogP contribution in [0.5, 0.6) is 0 Å². The Kier molecular flexibility index (Phi) is 10.0. The van der Waals surface area contributed by atoms with Gasteiger partial charge >= 0.3 is 0 Å². The van der Waals surface area contributed by atoms with Crippen molar-refractivity contribution in [3.8, 4) is 22.3 Å². The normalized spacial score (nSPS) is 11.5. The van der Waals surface area contributed by atoms with Crippen molar-refractivity contribution >= 4 is 233 Å². The molecule has 0 saturated heterocycles. The number of rotatable bonds is 5. The maximum absolute atomic E-state index is 2.66. The number of hydrogen-bond donors (Lipinski definition) is 0. The Hall–Kier alpha value is -5.34. The van der Waals surface area contributed by atoms with Crippen molar-refractivity contribution < 1.29 is 0 Å². The number of benzene rings is 9. The van der Waals surface area contributed by atoms with E-state index in [-0.39, 0.29) is 0 Å². The lowest BCUT2D eigenvalue weighted by atomic mass is 9.56. The van der Waals surface area contributed by atoms with Gasteiger partial charge in [0.05, 0.1) is 5.69 Å². The summed E-state index contributed by atoms with van der Waals surface area (Å²) >= 11 is 0. The van der Waals surface area contributed by atoms with Crippen LogP contribution in [-0.4, -0.2) is 102 Å². The molecule has 0 spiro atoms. The summed E-state index contributed by atoms with van der Waals surface area (Å²) in [5.74, 6) is 0. The summed E-state index contributed by atoms with van der Waals surface area (Å²) in [6.07, 6.45) is 0. The lowest BCUT2D eigenvalue weighted by molar-refractivity contribution is 1.36. The molecule has 9 aromatic rings. The topological polar surface area (TPSA) is 3.24 Å². The van der Waals surface area contributed by atoms with Crippen LogP contribution in [0.15, 0.2) is 109 Å².